The summed E-state index contributed by atoms with van der Waals surface area (Å²) in [6.07, 6.45) is -1.22. The fraction of sp³-hybridized carbons (Fsp3) is 0.167. The lowest BCUT2D eigenvalue weighted by Crippen LogP contribution is -1.83. The second-order valence-electron chi connectivity index (χ2n) is 1.71. The van der Waals surface area contributed by atoms with E-state index in [0.29, 0.717) is 0 Å². The quantitative estimate of drug-likeness (QED) is 0.580. The lowest BCUT2D eigenvalue weighted by Gasteiger charge is -1.96. The Morgan fingerprint density at radius 1 is 1.50 bits per heavy atom. The van der Waals surface area contributed by atoms with E-state index in [1.165, 1.54) is 12.3 Å². The van der Waals surface area contributed by atoms with Crippen LogP contribution in [-0.4, -0.2) is 4.98 Å². The highest BCUT2D eigenvalue weighted by Gasteiger charge is 2.05. The van der Waals surface area contributed by atoms with Crippen molar-refractivity contribution in [3.63, 3.8) is 0 Å². The summed E-state index contributed by atoms with van der Waals surface area (Å²) >= 11 is 5.34. The Labute approximate surface area is 61.7 Å². The molecule has 0 aliphatic rings. The molecule has 10 heavy (non-hydrogen) atoms. The minimum absolute atomic E-state index is 0.0952. The molecular weight excluding hydrogens is 160 g/mol. The number of rotatable bonds is 1. The second-order valence-corrected chi connectivity index (χ2v) is 2.10. The summed E-state index contributed by atoms with van der Waals surface area (Å²) in [5.41, 5.74) is -0.0972. The van der Waals surface area contributed by atoms with Crippen LogP contribution in [-0.2, 0) is 0 Å². The molecule has 0 aliphatic carbocycles. The fourth-order valence-corrected chi connectivity index (χ4v) is 0.736. The molecule has 1 aromatic heterocycles. The summed E-state index contributed by atoms with van der Waals surface area (Å²) in [6.45, 7) is 0. The Bertz CT molecular complexity index is 227. The summed E-state index contributed by atoms with van der Waals surface area (Å²) in [4.78, 5) is 3.55. The number of hydrogen-bond acceptors (Lipinski definition) is 1. The summed E-state index contributed by atoms with van der Waals surface area (Å²) < 4.78 is 23.7. The lowest BCUT2D eigenvalue weighted by atomic mass is 10.3. The Kier molecular flexibility index (Phi) is 2.17. The predicted molar refractivity (Wildman–Crippen MR) is 34.2 cm³/mol. The van der Waals surface area contributed by atoms with Crippen LogP contribution in [0.25, 0.3) is 0 Å². The number of nitrogens with zero attached hydrogens (tertiary/aromatic N) is 1. The third kappa shape index (κ3) is 1.64. The first-order valence-corrected chi connectivity index (χ1v) is 2.97. The van der Waals surface area contributed by atoms with Gasteiger partial charge in [-0.15, -0.1) is 0 Å². The van der Waals surface area contributed by atoms with E-state index in [1.54, 1.807) is 0 Å². The van der Waals surface area contributed by atoms with Gasteiger partial charge in [0.1, 0.15) is 5.15 Å². The van der Waals surface area contributed by atoms with Crippen molar-refractivity contribution < 1.29 is 8.78 Å². The Balaban J connectivity index is 2.96. The highest BCUT2D eigenvalue weighted by molar-refractivity contribution is 6.29. The monoisotopic (exact) mass is 163 g/mol. The van der Waals surface area contributed by atoms with Crippen LogP contribution in [0.2, 0.25) is 5.15 Å². The first kappa shape index (κ1) is 7.41. The molecule has 54 valence electrons. The molecule has 0 N–H and O–H groups in total. The van der Waals surface area contributed by atoms with Crippen LogP contribution in [0.3, 0.4) is 0 Å². The van der Waals surface area contributed by atoms with E-state index < -0.39 is 6.43 Å². The number of aromatic nitrogens is 1. The van der Waals surface area contributed by atoms with E-state index in [4.69, 9.17) is 11.6 Å². The maximum atomic E-state index is 11.9. The first-order valence-electron chi connectivity index (χ1n) is 2.60. The van der Waals surface area contributed by atoms with E-state index in [1.807, 2.05) is 0 Å². The molecule has 1 nitrogen and oxygen atoms in total. The second kappa shape index (κ2) is 2.92. The van der Waals surface area contributed by atoms with Gasteiger partial charge in [0, 0.05) is 11.8 Å². The molecule has 0 saturated carbocycles. The van der Waals surface area contributed by atoms with Crippen LogP contribution in [0, 0.1) is 0 Å². The zero-order valence-electron chi connectivity index (χ0n) is 4.89. The highest BCUT2D eigenvalue weighted by atomic mass is 35.5. The van der Waals surface area contributed by atoms with Crippen molar-refractivity contribution in [3.8, 4) is 0 Å². The summed E-state index contributed by atoms with van der Waals surface area (Å²) in [5.74, 6) is 0. The van der Waals surface area contributed by atoms with Crippen molar-refractivity contribution in [1.82, 2.24) is 4.98 Å². The smallest absolute Gasteiger partial charge is 0.245 e. The molecular formula is C6H4ClF2N. The zero-order chi connectivity index (χ0) is 7.56. The predicted octanol–water partition coefficient (Wildman–Crippen LogP) is 2.67. The molecule has 1 aromatic rings. The van der Waals surface area contributed by atoms with Crippen molar-refractivity contribution in [2.24, 2.45) is 0 Å². The molecule has 0 aromatic carbocycles. The van der Waals surface area contributed by atoms with Crippen LogP contribution in [0.1, 0.15) is 12.0 Å². The SMILES string of the molecule is FC(F)c1ccnc(Cl)c1. The van der Waals surface area contributed by atoms with Crippen molar-refractivity contribution >= 4 is 11.6 Å². The minimum atomic E-state index is -2.47. The van der Waals surface area contributed by atoms with Gasteiger partial charge in [-0.1, -0.05) is 11.6 Å². The summed E-state index contributed by atoms with van der Waals surface area (Å²) in [6, 6.07) is 2.38. The van der Waals surface area contributed by atoms with Gasteiger partial charge >= 0.3 is 0 Å². The largest absolute Gasteiger partial charge is 0.264 e. The van der Waals surface area contributed by atoms with Crippen molar-refractivity contribution in [3.05, 3.63) is 29.0 Å². The maximum absolute atomic E-state index is 11.9. The number of alkyl halides is 2. The van der Waals surface area contributed by atoms with Crippen LogP contribution in [0.5, 0.6) is 0 Å². The fourth-order valence-electron chi connectivity index (χ4n) is 0.553. The molecule has 0 aliphatic heterocycles. The molecule has 0 unspecified atom stereocenters. The molecule has 0 saturated heterocycles. The number of pyridine rings is 1. The average molecular weight is 164 g/mol. The zero-order valence-corrected chi connectivity index (χ0v) is 5.65. The first-order chi connectivity index (χ1) is 4.70. The van der Waals surface area contributed by atoms with Gasteiger partial charge in [0.15, 0.2) is 0 Å². The van der Waals surface area contributed by atoms with E-state index in [2.05, 4.69) is 4.98 Å². The van der Waals surface area contributed by atoms with Gasteiger partial charge in [-0.3, -0.25) is 0 Å². The van der Waals surface area contributed by atoms with Gasteiger partial charge in [-0.25, -0.2) is 13.8 Å². The van der Waals surface area contributed by atoms with Crippen LogP contribution in [0.15, 0.2) is 18.3 Å². The Morgan fingerprint density at radius 3 is 2.60 bits per heavy atom. The lowest BCUT2D eigenvalue weighted by molar-refractivity contribution is 0.151. The molecule has 0 radical (unpaired) electrons. The molecule has 0 atom stereocenters. The van der Waals surface area contributed by atoms with Gasteiger partial charge in [0.05, 0.1) is 0 Å². The van der Waals surface area contributed by atoms with Crippen LogP contribution < -0.4 is 0 Å². The van der Waals surface area contributed by atoms with E-state index in [9.17, 15) is 8.78 Å². The van der Waals surface area contributed by atoms with E-state index in [0.717, 1.165) is 6.07 Å². The standard InChI is InChI=1S/C6H4ClF2N/c7-5-3-4(6(8)9)1-2-10-5/h1-3,6H. The van der Waals surface area contributed by atoms with Gasteiger partial charge in [0.2, 0.25) is 0 Å². The number of hydrogen-bond donors (Lipinski definition) is 0. The van der Waals surface area contributed by atoms with Crippen LogP contribution >= 0.6 is 11.6 Å². The third-order valence-corrected chi connectivity index (χ3v) is 1.21. The molecule has 0 bridgehead atoms. The van der Waals surface area contributed by atoms with Crippen molar-refractivity contribution in [2.45, 2.75) is 6.43 Å². The van der Waals surface area contributed by atoms with E-state index in [-0.39, 0.29) is 10.7 Å². The van der Waals surface area contributed by atoms with Gasteiger partial charge in [-0.2, -0.15) is 0 Å². The van der Waals surface area contributed by atoms with Gasteiger partial charge in [0.25, 0.3) is 6.43 Å². The van der Waals surface area contributed by atoms with Crippen LogP contribution in [0.4, 0.5) is 8.78 Å². The highest BCUT2D eigenvalue weighted by Crippen LogP contribution is 2.19. The molecule has 0 fully saturated rings. The van der Waals surface area contributed by atoms with Gasteiger partial charge in [-0.05, 0) is 12.1 Å². The molecule has 0 amide bonds. The third-order valence-electron chi connectivity index (χ3n) is 1.00. The normalized spacial score (nSPS) is 10.4. The average Bonchev–Trinajstić information content (AvgIpc) is 1.88. The van der Waals surface area contributed by atoms with Crippen molar-refractivity contribution in [1.29, 1.82) is 0 Å². The van der Waals surface area contributed by atoms with Crippen molar-refractivity contribution in [2.75, 3.05) is 0 Å². The molecule has 1 rings (SSSR count). The summed E-state index contributed by atoms with van der Waals surface area (Å²) in [7, 11) is 0. The topological polar surface area (TPSA) is 12.9 Å². The molecule has 4 heteroatoms. The Hall–Kier alpha value is -0.700. The van der Waals surface area contributed by atoms with E-state index >= 15 is 0 Å². The Morgan fingerprint density at radius 2 is 2.20 bits per heavy atom. The molecule has 1 heterocycles. The maximum Gasteiger partial charge on any atom is 0.264 e. The van der Waals surface area contributed by atoms with Gasteiger partial charge < -0.3 is 0 Å². The number of halogens is 3. The minimum Gasteiger partial charge on any atom is -0.245 e. The molecule has 0 spiro atoms. The summed E-state index contributed by atoms with van der Waals surface area (Å²) in [5, 5.41) is 0.0952.